The van der Waals surface area contributed by atoms with Gasteiger partial charge in [-0.05, 0) is 49.5 Å². The number of rotatable bonds is 10. The van der Waals surface area contributed by atoms with Gasteiger partial charge in [0.05, 0.1) is 18.5 Å². The third-order valence-corrected chi connectivity index (χ3v) is 7.81. The molecule has 1 aromatic rings. The fourth-order valence-electron chi connectivity index (χ4n) is 3.96. The van der Waals surface area contributed by atoms with Crippen molar-refractivity contribution < 1.29 is 23.7 Å². The minimum Gasteiger partial charge on any atom is -0.507 e. The number of allylic oxidation sites excluding steroid dienone is 1. The van der Waals surface area contributed by atoms with Gasteiger partial charge in [0, 0.05) is 10.0 Å². The smallest absolute Gasteiger partial charge is 0.163 e. The number of hydrogen-bond donors (Lipinski definition) is 3. The molecule has 7 heteroatoms. The number of halogens is 1. The van der Waals surface area contributed by atoms with Gasteiger partial charge in [0.15, 0.2) is 9.84 Å². The molecule has 3 N–H and O–H groups in total. The van der Waals surface area contributed by atoms with Crippen LogP contribution in [0.4, 0.5) is 0 Å². The highest BCUT2D eigenvalue weighted by molar-refractivity contribution is 9.10. The van der Waals surface area contributed by atoms with Crippen LogP contribution in [0.15, 0.2) is 39.4 Å². The molecule has 0 aliphatic carbocycles. The number of aliphatic hydroxyl groups is 2. The van der Waals surface area contributed by atoms with Crippen molar-refractivity contribution in [1.29, 1.82) is 0 Å². The lowest BCUT2D eigenvalue weighted by molar-refractivity contribution is 0.188. The van der Waals surface area contributed by atoms with Crippen molar-refractivity contribution in [3.8, 4) is 5.75 Å². The first-order chi connectivity index (χ1) is 13.7. The van der Waals surface area contributed by atoms with Gasteiger partial charge in [-0.25, -0.2) is 8.42 Å². The molecule has 29 heavy (non-hydrogen) atoms. The van der Waals surface area contributed by atoms with Gasteiger partial charge in [0.2, 0.25) is 0 Å². The van der Waals surface area contributed by atoms with Crippen LogP contribution in [-0.4, -0.2) is 47.5 Å². The van der Waals surface area contributed by atoms with E-state index >= 15 is 0 Å². The second-order valence-electron chi connectivity index (χ2n) is 7.60. The summed E-state index contributed by atoms with van der Waals surface area (Å²) in [6.45, 7) is 3.55. The Morgan fingerprint density at radius 1 is 1.28 bits per heavy atom. The standard InChI is InChI=1S/C22H31BrO5S/c1-3-5-15(11-17-12-18(23)8-10-19(17)25)7-9-20(26)22-16(6-4-2)14-29(27,28)21(22)13-24/h8,10-12,20-21,24-26H,3-7,9,13-14H2,1-2H3/b15-11+/t20-,21+/m1/s1. The second kappa shape index (κ2) is 10.8. The average Bonchev–Trinajstić information content (AvgIpc) is 2.92. The van der Waals surface area contributed by atoms with Gasteiger partial charge in [0.25, 0.3) is 0 Å². The predicted octanol–water partition coefficient (Wildman–Crippen LogP) is 4.37. The minimum atomic E-state index is -3.45. The molecule has 162 valence electrons. The number of benzene rings is 1. The molecular formula is C22H31BrO5S. The number of phenolic OH excluding ortho intramolecular Hbond substituents is 1. The fourth-order valence-corrected chi connectivity index (χ4v) is 6.27. The molecule has 0 aromatic heterocycles. The summed E-state index contributed by atoms with van der Waals surface area (Å²) in [5.74, 6) is 0.125. The third kappa shape index (κ3) is 6.17. The van der Waals surface area contributed by atoms with E-state index in [0.29, 0.717) is 30.4 Å². The molecule has 1 aliphatic rings. The van der Waals surface area contributed by atoms with E-state index in [1.807, 2.05) is 19.1 Å². The summed E-state index contributed by atoms with van der Waals surface area (Å²) in [7, 11) is -3.45. The Morgan fingerprint density at radius 2 is 2.00 bits per heavy atom. The Labute approximate surface area is 182 Å². The van der Waals surface area contributed by atoms with Gasteiger partial charge in [-0.3, -0.25) is 0 Å². The Morgan fingerprint density at radius 3 is 2.62 bits per heavy atom. The van der Waals surface area contributed by atoms with E-state index in [9.17, 15) is 23.7 Å². The van der Waals surface area contributed by atoms with Crippen molar-refractivity contribution in [3.05, 3.63) is 45.0 Å². The lowest BCUT2D eigenvalue weighted by Crippen LogP contribution is -2.29. The maximum Gasteiger partial charge on any atom is 0.163 e. The maximum atomic E-state index is 12.4. The van der Waals surface area contributed by atoms with Gasteiger partial charge < -0.3 is 15.3 Å². The molecule has 0 saturated carbocycles. The summed E-state index contributed by atoms with van der Waals surface area (Å²) in [6, 6.07) is 5.24. The second-order valence-corrected chi connectivity index (χ2v) is 10.7. The van der Waals surface area contributed by atoms with Crippen LogP contribution in [0.2, 0.25) is 0 Å². The number of aromatic hydroxyl groups is 1. The van der Waals surface area contributed by atoms with E-state index in [-0.39, 0.29) is 11.5 Å². The van der Waals surface area contributed by atoms with Crippen LogP contribution in [0.25, 0.3) is 6.08 Å². The van der Waals surface area contributed by atoms with E-state index in [1.54, 1.807) is 12.1 Å². The maximum absolute atomic E-state index is 12.4. The van der Waals surface area contributed by atoms with E-state index in [2.05, 4.69) is 22.9 Å². The first kappa shape index (κ1) is 24.1. The van der Waals surface area contributed by atoms with Crippen molar-refractivity contribution in [2.45, 2.75) is 63.7 Å². The van der Waals surface area contributed by atoms with Crippen LogP contribution in [0, 0.1) is 0 Å². The molecule has 2 atom stereocenters. The molecule has 0 amide bonds. The van der Waals surface area contributed by atoms with Gasteiger partial charge >= 0.3 is 0 Å². The van der Waals surface area contributed by atoms with E-state index < -0.39 is 27.8 Å². The highest BCUT2D eigenvalue weighted by atomic mass is 79.9. The Hall–Kier alpha value is -1.15. The topological polar surface area (TPSA) is 94.8 Å². The highest BCUT2D eigenvalue weighted by Gasteiger charge is 2.40. The molecule has 0 bridgehead atoms. The fraction of sp³-hybridized carbons (Fsp3) is 0.545. The zero-order chi connectivity index (χ0) is 21.6. The van der Waals surface area contributed by atoms with Crippen LogP contribution < -0.4 is 0 Å². The average molecular weight is 487 g/mol. The molecule has 1 aromatic carbocycles. The summed E-state index contributed by atoms with van der Waals surface area (Å²) in [5.41, 5.74) is 3.04. The van der Waals surface area contributed by atoms with E-state index in [1.165, 1.54) is 0 Å². The summed E-state index contributed by atoms with van der Waals surface area (Å²) < 4.78 is 25.6. The van der Waals surface area contributed by atoms with Crippen LogP contribution in [0.5, 0.6) is 5.75 Å². The van der Waals surface area contributed by atoms with Crippen LogP contribution in [-0.2, 0) is 9.84 Å². The number of hydrogen-bond acceptors (Lipinski definition) is 5. The number of phenols is 1. The zero-order valence-corrected chi connectivity index (χ0v) is 19.5. The molecular weight excluding hydrogens is 456 g/mol. The van der Waals surface area contributed by atoms with E-state index in [0.717, 1.165) is 34.9 Å². The Bertz CT molecular complexity index is 873. The molecule has 5 nitrogen and oxygen atoms in total. The molecule has 0 saturated heterocycles. The summed E-state index contributed by atoms with van der Waals surface area (Å²) in [6.07, 6.45) is 5.16. The quantitative estimate of drug-likeness (QED) is 0.426. The SMILES string of the molecule is CCCC1=C([C@H](O)CC/C(=C/c2cc(Br)ccc2O)CCC)[C@H](CO)S(=O)(=O)C1. The van der Waals surface area contributed by atoms with Crippen LogP contribution in [0.3, 0.4) is 0 Å². The number of aliphatic hydroxyl groups excluding tert-OH is 2. The lowest BCUT2D eigenvalue weighted by Gasteiger charge is -2.20. The van der Waals surface area contributed by atoms with Crippen molar-refractivity contribution in [1.82, 2.24) is 0 Å². The van der Waals surface area contributed by atoms with E-state index in [4.69, 9.17) is 0 Å². The summed E-state index contributed by atoms with van der Waals surface area (Å²) in [5, 5.41) is 29.6. The highest BCUT2D eigenvalue weighted by Crippen LogP contribution is 2.34. The van der Waals surface area contributed by atoms with Gasteiger partial charge in [-0.2, -0.15) is 0 Å². The zero-order valence-electron chi connectivity index (χ0n) is 17.1. The Balaban J connectivity index is 2.23. The van der Waals surface area contributed by atoms with Crippen molar-refractivity contribution in [2.75, 3.05) is 12.4 Å². The molecule has 1 aliphatic heterocycles. The number of sulfone groups is 1. The molecule has 0 spiro atoms. The molecule has 0 unspecified atom stereocenters. The van der Waals surface area contributed by atoms with Gasteiger partial charge in [0.1, 0.15) is 11.0 Å². The van der Waals surface area contributed by atoms with Crippen molar-refractivity contribution in [3.63, 3.8) is 0 Å². The van der Waals surface area contributed by atoms with Crippen LogP contribution >= 0.6 is 15.9 Å². The lowest BCUT2D eigenvalue weighted by atomic mass is 9.92. The van der Waals surface area contributed by atoms with Gasteiger partial charge in [-0.1, -0.05) is 59.8 Å². The van der Waals surface area contributed by atoms with Crippen molar-refractivity contribution in [2.24, 2.45) is 0 Å². The first-order valence-electron chi connectivity index (χ1n) is 10.1. The summed E-state index contributed by atoms with van der Waals surface area (Å²) >= 11 is 3.41. The normalized spacial score (nSPS) is 20.3. The van der Waals surface area contributed by atoms with Gasteiger partial charge in [-0.15, -0.1) is 0 Å². The molecule has 2 rings (SSSR count). The molecule has 0 fully saturated rings. The largest absolute Gasteiger partial charge is 0.507 e. The molecule has 1 heterocycles. The minimum absolute atomic E-state index is 0.0674. The van der Waals surface area contributed by atoms with Crippen molar-refractivity contribution >= 4 is 31.8 Å². The van der Waals surface area contributed by atoms with Crippen LogP contribution in [0.1, 0.15) is 57.9 Å². The first-order valence-corrected chi connectivity index (χ1v) is 12.6. The Kier molecular flexibility index (Phi) is 8.94. The summed E-state index contributed by atoms with van der Waals surface area (Å²) in [4.78, 5) is 0. The predicted molar refractivity (Wildman–Crippen MR) is 121 cm³/mol. The third-order valence-electron chi connectivity index (χ3n) is 5.30. The monoisotopic (exact) mass is 486 g/mol. The molecule has 0 radical (unpaired) electrons.